The Balaban J connectivity index is 2.54. The van der Waals surface area contributed by atoms with Crippen molar-refractivity contribution >= 4 is 10.0 Å². The molecule has 0 aromatic carbocycles. The van der Waals surface area contributed by atoms with E-state index in [9.17, 15) is 8.42 Å². The highest BCUT2D eigenvalue weighted by molar-refractivity contribution is 7.91. The minimum Gasteiger partial charge on any atom is -0.329 e. The number of hydrogen-bond acceptors (Lipinski definition) is 3. The third-order valence-corrected chi connectivity index (χ3v) is 4.33. The normalized spacial score (nSPS) is 21.6. The van der Waals surface area contributed by atoms with Gasteiger partial charge in [0.15, 0.2) is 0 Å². The van der Waals surface area contributed by atoms with Gasteiger partial charge in [-0.2, -0.15) is 0 Å². The Morgan fingerprint density at radius 3 is 2.45 bits per heavy atom. The van der Waals surface area contributed by atoms with E-state index in [1.807, 2.05) is 0 Å². The molecule has 1 saturated carbocycles. The van der Waals surface area contributed by atoms with Gasteiger partial charge in [0.05, 0.1) is 4.75 Å². The van der Waals surface area contributed by atoms with Crippen LogP contribution in [0.5, 0.6) is 0 Å². The molecule has 1 aliphatic carbocycles. The zero-order chi connectivity index (χ0) is 8.54. The van der Waals surface area contributed by atoms with E-state index in [0.29, 0.717) is 13.1 Å². The lowest BCUT2D eigenvalue weighted by molar-refractivity contribution is 0.567. The van der Waals surface area contributed by atoms with Gasteiger partial charge in [-0.3, -0.25) is 0 Å². The minimum absolute atomic E-state index is 0.345. The molecule has 11 heavy (non-hydrogen) atoms. The zero-order valence-electron chi connectivity index (χ0n) is 6.63. The quantitative estimate of drug-likeness (QED) is 0.605. The summed E-state index contributed by atoms with van der Waals surface area (Å²) in [6, 6.07) is 0. The Hall–Kier alpha value is -0.130. The van der Waals surface area contributed by atoms with Gasteiger partial charge in [-0.25, -0.2) is 13.1 Å². The predicted molar refractivity (Wildman–Crippen MR) is 43.6 cm³/mol. The average Bonchev–Trinajstić information content (AvgIpc) is 2.65. The monoisotopic (exact) mass is 178 g/mol. The lowest BCUT2D eigenvalue weighted by Crippen LogP contribution is -2.36. The molecule has 0 aromatic rings. The standard InChI is InChI=1S/C6H14N2O2S/c1-6(2-3-6)11(9,10)8-5-4-7/h8H,2-5,7H2,1H3. The molecule has 4 nitrogen and oxygen atoms in total. The molecule has 0 unspecified atom stereocenters. The molecule has 1 fully saturated rings. The van der Waals surface area contributed by atoms with Crippen LogP contribution in [0.4, 0.5) is 0 Å². The number of sulfonamides is 1. The molecular weight excluding hydrogens is 164 g/mol. The second-order valence-corrected chi connectivity index (χ2v) is 5.42. The van der Waals surface area contributed by atoms with Gasteiger partial charge in [0.1, 0.15) is 0 Å². The van der Waals surface area contributed by atoms with E-state index < -0.39 is 14.8 Å². The average molecular weight is 178 g/mol. The van der Waals surface area contributed by atoms with E-state index in [-0.39, 0.29) is 0 Å². The Morgan fingerprint density at radius 1 is 1.55 bits per heavy atom. The number of nitrogens with one attached hydrogen (secondary N) is 1. The summed E-state index contributed by atoms with van der Waals surface area (Å²) in [6.07, 6.45) is 1.54. The highest BCUT2D eigenvalue weighted by Gasteiger charge is 2.49. The maximum atomic E-state index is 11.3. The van der Waals surface area contributed by atoms with Gasteiger partial charge in [0.25, 0.3) is 0 Å². The number of hydrogen-bond donors (Lipinski definition) is 2. The van der Waals surface area contributed by atoms with Gasteiger partial charge in [0, 0.05) is 13.1 Å². The van der Waals surface area contributed by atoms with E-state index in [4.69, 9.17) is 5.73 Å². The number of rotatable bonds is 4. The zero-order valence-corrected chi connectivity index (χ0v) is 7.45. The minimum atomic E-state index is -3.08. The molecule has 0 aliphatic heterocycles. The largest absolute Gasteiger partial charge is 0.329 e. The fourth-order valence-corrected chi connectivity index (χ4v) is 2.19. The van der Waals surface area contributed by atoms with E-state index in [2.05, 4.69) is 4.72 Å². The highest BCUT2D eigenvalue weighted by Crippen LogP contribution is 2.41. The molecule has 0 radical (unpaired) electrons. The van der Waals surface area contributed by atoms with Crippen LogP contribution in [0.3, 0.4) is 0 Å². The van der Waals surface area contributed by atoms with Crippen molar-refractivity contribution in [3.8, 4) is 0 Å². The molecule has 0 spiro atoms. The van der Waals surface area contributed by atoms with Crippen LogP contribution in [0.1, 0.15) is 19.8 Å². The Bertz CT molecular complexity index is 231. The van der Waals surface area contributed by atoms with Crippen LogP contribution in [0.25, 0.3) is 0 Å². The smallest absolute Gasteiger partial charge is 0.217 e. The fourth-order valence-electron chi connectivity index (χ4n) is 0.812. The molecule has 0 atom stereocenters. The van der Waals surface area contributed by atoms with Crippen molar-refractivity contribution in [3.05, 3.63) is 0 Å². The van der Waals surface area contributed by atoms with Gasteiger partial charge in [-0.1, -0.05) is 0 Å². The van der Waals surface area contributed by atoms with Crippen LogP contribution in [0.2, 0.25) is 0 Å². The van der Waals surface area contributed by atoms with Crippen molar-refractivity contribution in [3.63, 3.8) is 0 Å². The second-order valence-electron chi connectivity index (χ2n) is 3.14. The molecule has 0 bridgehead atoms. The van der Waals surface area contributed by atoms with Crippen molar-refractivity contribution in [2.75, 3.05) is 13.1 Å². The molecule has 66 valence electrons. The van der Waals surface area contributed by atoms with Crippen LogP contribution in [0.15, 0.2) is 0 Å². The molecule has 1 aliphatic rings. The van der Waals surface area contributed by atoms with Crippen LogP contribution < -0.4 is 10.5 Å². The highest BCUT2D eigenvalue weighted by atomic mass is 32.2. The number of nitrogens with two attached hydrogens (primary N) is 1. The topological polar surface area (TPSA) is 72.2 Å². The first-order chi connectivity index (χ1) is 5.02. The fraction of sp³-hybridized carbons (Fsp3) is 1.00. The molecular formula is C6H14N2O2S. The van der Waals surface area contributed by atoms with Gasteiger partial charge in [-0.15, -0.1) is 0 Å². The predicted octanol–water partition coefficient (Wildman–Crippen LogP) is -0.583. The van der Waals surface area contributed by atoms with Crippen molar-refractivity contribution < 1.29 is 8.42 Å². The molecule has 5 heteroatoms. The summed E-state index contributed by atoms with van der Waals surface area (Å²) in [4.78, 5) is 0. The second kappa shape index (κ2) is 2.73. The Kier molecular flexibility index (Phi) is 2.22. The van der Waals surface area contributed by atoms with Crippen LogP contribution in [-0.2, 0) is 10.0 Å². The summed E-state index contributed by atoms with van der Waals surface area (Å²) in [5.41, 5.74) is 5.17. The summed E-state index contributed by atoms with van der Waals surface area (Å²) >= 11 is 0. The van der Waals surface area contributed by atoms with Gasteiger partial charge in [-0.05, 0) is 19.8 Å². The van der Waals surface area contributed by atoms with Crippen molar-refractivity contribution in [1.29, 1.82) is 0 Å². The Labute approximate surface area is 67.2 Å². The van der Waals surface area contributed by atoms with E-state index in [1.54, 1.807) is 6.92 Å². The summed E-state index contributed by atoms with van der Waals surface area (Å²) < 4.78 is 24.6. The summed E-state index contributed by atoms with van der Waals surface area (Å²) in [5, 5.41) is 0. The third kappa shape index (κ3) is 1.72. The molecule has 0 amide bonds. The summed E-state index contributed by atoms with van der Waals surface area (Å²) in [5.74, 6) is 0. The van der Waals surface area contributed by atoms with E-state index in [1.165, 1.54) is 0 Å². The molecule has 0 saturated heterocycles. The molecule has 0 heterocycles. The third-order valence-electron chi connectivity index (χ3n) is 2.04. The van der Waals surface area contributed by atoms with Crippen LogP contribution in [0, 0.1) is 0 Å². The molecule has 0 aromatic heterocycles. The van der Waals surface area contributed by atoms with Gasteiger partial charge >= 0.3 is 0 Å². The van der Waals surface area contributed by atoms with Crippen LogP contribution in [-0.4, -0.2) is 26.3 Å². The van der Waals surface area contributed by atoms with Gasteiger partial charge < -0.3 is 5.73 Å². The first kappa shape index (κ1) is 8.96. The lowest BCUT2D eigenvalue weighted by Gasteiger charge is -2.10. The lowest BCUT2D eigenvalue weighted by atomic mass is 10.5. The van der Waals surface area contributed by atoms with E-state index >= 15 is 0 Å². The van der Waals surface area contributed by atoms with Gasteiger partial charge in [0.2, 0.25) is 10.0 Å². The SMILES string of the molecule is CC1(S(=O)(=O)NCCN)CC1. The Morgan fingerprint density at radius 2 is 2.09 bits per heavy atom. The van der Waals surface area contributed by atoms with Crippen molar-refractivity contribution in [1.82, 2.24) is 4.72 Å². The first-order valence-corrected chi connectivity index (χ1v) is 5.19. The van der Waals surface area contributed by atoms with Crippen molar-refractivity contribution in [2.45, 2.75) is 24.5 Å². The van der Waals surface area contributed by atoms with E-state index in [0.717, 1.165) is 12.8 Å². The van der Waals surface area contributed by atoms with Crippen molar-refractivity contribution in [2.24, 2.45) is 5.73 Å². The van der Waals surface area contributed by atoms with Crippen LogP contribution >= 0.6 is 0 Å². The molecule has 3 N–H and O–H groups in total. The molecule has 1 rings (SSSR count). The maximum Gasteiger partial charge on any atom is 0.217 e. The first-order valence-electron chi connectivity index (χ1n) is 3.71. The summed E-state index contributed by atoms with van der Waals surface area (Å²) in [7, 11) is -3.08. The summed E-state index contributed by atoms with van der Waals surface area (Å²) in [6.45, 7) is 2.46. The maximum absolute atomic E-state index is 11.3.